The van der Waals surface area contributed by atoms with Gasteiger partial charge in [-0.25, -0.2) is 4.39 Å². The van der Waals surface area contributed by atoms with Crippen LogP contribution in [0.25, 0.3) is 0 Å². The first-order chi connectivity index (χ1) is 9.61. The van der Waals surface area contributed by atoms with E-state index in [1.54, 1.807) is 6.07 Å². The highest BCUT2D eigenvalue weighted by Crippen LogP contribution is 2.31. The maximum atomic E-state index is 13.2. The number of hydrogen-bond donors (Lipinski definition) is 1. The number of halogens is 1. The number of rotatable bonds is 4. The van der Waals surface area contributed by atoms with Gasteiger partial charge >= 0.3 is 5.97 Å². The van der Waals surface area contributed by atoms with E-state index in [0.29, 0.717) is 13.0 Å². The summed E-state index contributed by atoms with van der Waals surface area (Å²) in [4.78, 5) is 13.0. The normalized spacial score (nSPS) is 25.4. The molecule has 108 valence electrons. The smallest absolute Gasteiger partial charge is 0.304 e. The maximum Gasteiger partial charge on any atom is 0.304 e. The Morgan fingerprint density at radius 1 is 1.50 bits per heavy atom. The van der Waals surface area contributed by atoms with Crippen molar-refractivity contribution in [1.82, 2.24) is 4.90 Å². The fourth-order valence-corrected chi connectivity index (χ4v) is 3.22. The van der Waals surface area contributed by atoms with Crippen LogP contribution in [-0.2, 0) is 11.2 Å². The molecule has 0 radical (unpaired) electrons. The molecule has 0 spiro atoms. The first-order valence-electron chi connectivity index (χ1n) is 7.03. The van der Waals surface area contributed by atoms with Gasteiger partial charge in [0, 0.05) is 24.6 Å². The Labute approximate surface area is 117 Å². The Kier molecular flexibility index (Phi) is 3.61. The van der Waals surface area contributed by atoms with Crippen molar-refractivity contribution in [2.75, 3.05) is 13.1 Å². The zero-order chi connectivity index (χ0) is 14.1. The van der Waals surface area contributed by atoms with Crippen LogP contribution in [0, 0.1) is 5.82 Å². The van der Waals surface area contributed by atoms with Gasteiger partial charge in [-0.1, -0.05) is 0 Å². The number of carboxylic acids is 1. The zero-order valence-corrected chi connectivity index (χ0v) is 11.2. The van der Waals surface area contributed by atoms with Gasteiger partial charge in [-0.15, -0.1) is 0 Å². The van der Waals surface area contributed by atoms with E-state index in [1.807, 2.05) is 0 Å². The lowest BCUT2D eigenvalue weighted by atomic mass is 10.1. The number of aliphatic carboxylic acids is 1. The van der Waals surface area contributed by atoms with Gasteiger partial charge < -0.3 is 9.84 Å². The molecule has 1 aromatic rings. The summed E-state index contributed by atoms with van der Waals surface area (Å²) in [6, 6.07) is 4.71. The zero-order valence-electron chi connectivity index (χ0n) is 11.2. The Hall–Kier alpha value is -1.62. The highest BCUT2D eigenvalue weighted by Gasteiger charge is 2.31. The molecule has 2 aliphatic heterocycles. The molecule has 0 amide bonds. The van der Waals surface area contributed by atoms with Gasteiger partial charge in [0.25, 0.3) is 0 Å². The van der Waals surface area contributed by atoms with Gasteiger partial charge in [0.05, 0.1) is 6.42 Å². The van der Waals surface area contributed by atoms with Crippen molar-refractivity contribution in [1.29, 1.82) is 0 Å². The van der Waals surface area contributed by atoms with Crippen LogP contribution in [0.1, 0.15) is 24.8 Å². The second-order valence-corrected chi connectivity index (χ2v) is 5.58. The minimum absolute atomic E-state index is 0.00111. The maximum absolute atomic E-state index is 13.2. The summed E-state index contributed by atoms with van der Waals surface area (Å²) >= 11 is 0. The molecule has 2 unspecified atom stereocenters. The Morgan fingerprint density at radius 3 is 3.15 bits per heavy atom. The van der Waals surface area contributed by atoms with Gasteiger partial charge in [-0.3, -0.25) is 9.69 Å². The van der Waals surface area contributed by atoms with Gasteiger partial charge in [0.2, 0.25) is 0 Å². The summed E-state index contributed by atoms with van der Waals surface area (Å²) in [6.07, 6.45) is 2.85. The lowest BCUT2D eigenvalue weighted by Gasteiger charge is -2.25. The minimum atomic E-state index is -0.750. The van der Waals surface area contributed by atoms with E-state index in [4.69, 9.17) is 9.84 Å². The molecule has 0 saturated carbocycles. The van der Waals surface area contributed by atoms with Crippen LogP contribution in [0.15, 0.2) is 18.2 Å². The van der Waals surface area contributed by atoms with E-state index in [0.717, 1.165) is 30.7 Å². The number of fused-ring (bicyclic) bond motifs is 1. The largest absolute Gasteiger partial charge is 0.488 e. The number of nitrogens with zero attached hydrogens (tertiary/aromatic N) is 1. The fourth-order valence-electron chi connectivity index (χ4n) is 3.22. The van der Waals surface area contributed by atoms with E-state index in [1.165, 1.54) is 12.1 Å². The van der Waals surface area contributed by atoms with E-state index >= 15 is 0 Å². The second kappa shape index (κ2) is 5.40. The third kappa shape index (κ3) is 2.77. The van der Waals surface area contributed by atoms with Crippen LogP contribution in [-0.4, -0.2) is 41.2 Å². The topological polar surface area (TPSA) is 49.8 Å². The summed E-state index contributed by atoms with van der Waals surface area (Å²) in [7, 11) is 0. The summed E-state index contributed by atoms with van der Waals surface area (Å²) in [5.74, 6) is -0.233. The highest BCUT2D eigenvalue weighted by molar-refractivity contribution is 5.67. The number of carbonyl (C=O) groups is 1. The summed E-state index contributed by atoms with van der Waals surface area (Å²) in [5, 5.41) is 8.93. The fraction of sp³-hybridized carbons (Fsp3) is 0.533. The van der Waals surface area contributed by atoms with Crippen LogP contribution in [0.4, 0.5) is 4.39 Å². The summed E-state index contributed by atoms with van der Waals surface area (Å²) in [5.41, 5.74) is 0.906. The number of ether oxygens (including phenoxy) is 1. The second-order valence-electron chi connectivity index (χ2n) is 5.58. The predicted molar refractivity (Wildman–Crippen MR) is 71.4 cm³/mol. The quantitative estimate of drug-likeness (QED) is 0.916. The molecule has 2 aliphatic rings. The van der Waals surface area contributed by atoms with Crippen LogP contribution < -0.4 is 4.74 Å². The SMILES string of the molecule is O=C(O)CC1CCCN1CC1Cc2cc(F)ccc2O1. The molecule has 5 heteroatoms. The number of carboxylic acid groups (broad SMARTS) is 1. The number of hydrogen-bond acceptors (Lipinski definition) is 3. The van der Waals surface area contributed by atoms with Crippen molar-refractivity contribution in [2.24, 2.45) is 0 Å². The molecule has 1 fully saturated rings. The summed E-state index contributed by atoms with van der Waals surface area (Å²) < 4.78 is 19.0. The van der Waals surface area contributed by atoms with Crippen molar-refractivity contribution in [3.63, 3.8) is 0 Å². The molecule has 4 nitrogen and oxygen atoms in total. The number of benzene rings is 1. The molecule has 1 N–H and O–H groups in total. The molecular formula is C15H18FNO3. The van der Waals surface area contributed by atoms with Crippen molar-refractivity contribution in [3.8, 4) is 5.75 Å². The lowest BCUT2D eigenvalue weighted by molar-refractivity contribution is -0.138. The molecule has 2 atom stereocenters. The van der Waals surface area contributed by atoms with Crippen molar-refractivity contribution in [3.05, 3.63) is 29.6 Å². The average molecular weight is 279 g/mol. The first-order valence-corrected chi connectivity index (χ1v) is 7.03. The Morgan fingerprint density at radius 2 is 2.35 bits per heavy atom. The van der Waals surface area contributed by atoms with E-state index in [-0.39, 0.29) is 24.4 Å². The monoisotopic (exact) mass is 279 g/mol. The van der Waals surface area contributed by atoms with Gasteiger partial charge in [-0.2, -0.15) is 0 Å². The van der Waals surface area contributed by atoms with Crippen molar-refractivity contribution < 1.29 is 19.0 Å². The molecule has 3 rings (SSSR count). The standard InChI is InChI=1S/C15H18FNO3/c16-11-3-4-14-10(6-11)7-13(20-14)9-17-5-1-2-12(17)8-15(18)19/h3-4,6,12-13H,1-2,5,7-9H2,(H,18,19). The third-order valence-electron chi connectivity index (χ3n) is 4.11. The average Bonchev–Trinajstić information content (AvgIpc) is 2.95. The van der Waals surface area contributed by atoms with Crippen molar-refractivity contribution in [2.45, 2.75) is 37.8 Å². The van der Waals surface area contributed by atoms with Crippen LogP contribution in [0.5, 0.6) is 5.75 Å². The molecule has 20 heavy (non-hydrogen) atoms. The van der Waals surface area contributed by atoms with Crippen LogP contribution in [0.2, 0.25) is 0 Å². The summed E-state index contributed by atoms with van der Waals surface area (Å²) in [6.45, 7) is 1.64. The highest BCUT2D eigenvalue weighted by atomic mass is 19.1. The van der Waals surface area contributed by atoms with E-state index in [9.17, 15) is 9.18 Å². The number of likely N-dealkylation sites (tertiary alicyclic amines) is 1. The van der Waals surface area contributed by atoms with E-state index in [2.05, 4.69) is 4.90 Å². The third-order valence-corrected chi connectivity index (χ3v) is 4.11. The van der Waals surface area contributed by atoms with E-state index < -0.39 is 5.97 Å². The molecule has 1 saturated heterocycles. The molecule has 0 aliphatic carbocycles. The minimum Gasteiger partial charge on any atom is -0.488 e. The first kappa shape index (κ1) is 13.4. The van der Waals surface area contributed by atoms with Crippen LogP contribution >= 0.6 is 0 Å². The molecule has 2 heterocycles. The Bertz CT molecular complexity index is 520. The molecule has 1 aromatic carbocycles. The molecule has 0 aromatic heterocycles. The molecular weight excluding hydrogens is 261 g/mol. The molecule has 0 bridgehead atoms. The predicted octanol–water partition coefficient (Wildman–Crippen LogP) is 2.07. The van der Waals surface area contributed by atoms with Crippen molar-refractivity contribution >= 4 is 5.97 Å². The van der Waals surface area contributed by atoms with Gasteiger partial charge in [0.1, 0.15) is 17.7 Å². The lowest BCUT2D eigenvalue weighted by Crippen LogP contribution is -2.39. The Balaban J connectivity index is 1.61. The van der Waals surface area contributed by atoms with Gasteiger partial charge in [0.15, 0.2) is 0 Å². The van der Waals surface area contributed by atoms with Crippen LogP contribution in [0.3, 0.4) is 0 Å². The van der Waals surface area contributed by atoms with Gasteiger partial charge in [-0.05, 0) is 37.6 Å².